The third-order valence-electron chi connectivity index (χ3n) is 3.42. The van der Waals surface area contributed by atoms with Gasteiger partial charge in [-0.25, -0.2) is 0 Å². The zero-order valence-electron chi connectivity index (χ0n) is 10.4. The van der Waals surface area contributed by atoms with E-state index in [-0.39, 0.29) is 12.1 Å². The molecule has 2 atom stereocenters. The first-order chi connectivity index (χ1) is 7.97. The number of aliphatic carboxylic acids is 1. The lowest BCUT2D eigenvalue weighted by Gasteiger charge is -2.39. The molecule has 0 saturated carbocycles. The van der Waals surface area contributed by atoms with Crippen molar-refractivity contribution in [3.8, 4) is 0 Å². The number of hydrogen-bond acceptors (Lipinski definition) is 4. The SMILES string of the molecule is CCC(C(=O)O)N1CCN(C(C)C(N)=S)CC1. The number of nitrogens with two attached hydrogens (primary N) is 1. The summed E-state index contributed by atoms with van der Waals surface area (Å²) in [6.45, 7) is 7.06. The largest absolute Gasteiger partial charge is 0.480 e. The molecule has 2 unspecified atom stereocenters. The van der Waals surface area contributed by atoms with Gasteiger partial charge in [0.1, 0.15) is 6.04 Å². The van der Waals surface area contributed by atoms with Crippen LogP contribution in [0.5, 0.6) is 0 Å². The molecule has 5 nitrogen and oxygen atoms in total. The van der Waals surface area contributed by atoms with E-state index in [1.165, 1.54) is 0 Å². The van der Waals surface area contributed by atoms with E-state index in [2.05, 4.69) is 4.90 Å². The normalized spacial score (nSPS) is 22.0. The lowest BCUT2D eigenvalue weighted by Crippen LogP contribution is -2.56. The summed E-state index contributed by atoms with van der Waals surface area (Å²) in [6.07, 6.45) is 0.639. The molecular weight excluding hydrogens is 238 g/mol. The fourth-order valence-corrected chi connectivity index (χ4v) is 2.35. The highest BCUT2D eigenvalue weighted by Gasteiger charge is 2.29. The first kappa shape index (κ1) is 14.3. The van der Waals surface area contributed by atoms with Crippen LogP contribution in [-0.4, -0.2) is 64.1 Å². The van der Waals surface area contributed by atoms with Crippen molar-refractivity contribution in [3.63, 3.8) is 0 Å². The molecule has 0 bridgehead atoms. The Balaban J connectivity index is 2.50. The second-order valence-electron chi connectivity index (χ2n) is 4.41. The van der Waals surface area contributed by atoms with Crippen molar-refractivity contribution in [2.75, 3.05) is 26.2 Å². The second kappa shape index (κ2) is 6.28. The lowest BCUT2D eigenvalue weighted by molar-refractivity contribution is -0.144. The number of rotatable bonds is 5. The molecule has 0 aromatic rings. The smallest absolute Gasteiger partial charge is 0.320 e. The van der Waals surface area contributed by atoms with Crippen molar-refractivity contribution >= 4 is 23.2 Å². The van der Waals surface area contributed by atoms with Crippen LogP contribution in [0.3, 0.4) is 0 Å². The molecule has 1 fully saturated rings. The van der Waals surface area contributed by atoms with Gasteiger partial charge < -0.3 is 10.8 Å². The average Bonchev–Trinajstić information content (AvgIpc) is 2.29. The number of hydrogen-bond donors (Lipinski definition) is 2. The van der Waals surface area contributed by atoms with Crippen LogP contribution in [0, 0.1) is 0 Å². The van der Waals surface area contributed by atoms with Gasteiger partial charge in [-0.05, 0) is 13.3 Å². The summed E-state index contributed by atoms with van der Waals surface area (Å²) in [7, 11) is 0. The van der Waals surface area contributed by atoms with E-state index in [4.69, 9.17) is 23.1 Å². The highest BCUT2D eigenvalue weighted by molar-refractivity contribution is 7.80. The van der Waals surface area contributed by atoms with E-state index in [1.807, 2.05) is 18.7 Å². The highest BCUT2D eigenvalue weighted by Crippen LogP contribution is 2.11. The fraction of sp³-hybridized carbons (Fsp3) is 0.818. The molecule has 17 heavy (non-hydrogen) atoms. The van der Waals surface area contributed by atoms with Crippen molar-refractivity contribution < 1.29 is 9.90 Å². The lowest BCUT2D eigenvalue weighted by atomic mass is 10.1. The second-order valence-corrected chi connectivity index (χ2v) is 4.88. The van der Waals surface area contributed by atoms with Crippen LogP contribution in [0.2, 0.25) is 0 Å². The molecule has 1 rings (SSSR count). The number of carboxylic acids is 1. The van der Waals surface area contributed by atoms with Crippen LogP contribution >= 0.6 is 12.2 Å². The van der Waals surface area contributed by atoms with Gasteiger partial charge in [0.05, 0.1) is 11.0 Å². The van der Waals surface area contributed by atoms with Crippen LogP contribution in [0.25, 0.3) is 0 Å². The molecule has 6 heteroatoms. The molecule has 0 amide bonds. The minimum Gasteiger partial charge on any atom is -0.480 e. The van der Waals surface area contributed by atoms with Crippen molar-refractivity contribution in [1.29, 1.82) is 0 Å². The summed E-state index contributed by atoms with van der Waals surface area (Å²) >= 11 is 4.97. The van der Waals surface area contributed by atoms with Gasteiger partial charge in [-0.1, -0.05) is 19.1 Å². The van der Waals surface area contributed by atoms with E-state index in [0.717, 1.165) is 26.2 Å². The third-order valence-corrected chi connectivity index (χ3v) is 3.76. The molecule has 0 radical (unpaired) electrons. The van der Waals surface area contributed by atoms with Crippen molar-refractivity contribution in [2.45, 2.75) is 32.4 Å². The van der Waals surface area contributed by atoms with E-state index < -0.39 is 5.97 Å². The summed E-state index contributed by atoms with van der Waals surface area (Å²) in [5.74, 6) is -0.733. The zero-order chi connectivity index (χ0) is 13.0. The molecule has 0 spiro atoms. The Kier molecular flexibility index (Phi) is 5.30. The van der Waals surface area contributed by atoms with Crippen LogP contribution in [-0.2, 0) is 4.79 Å². The molecule has 1 aliphatic rings. The van der Waals surface area contributed by atoms with E-state index >= 15 is 0 Å². The van der Waals surface area contributed by atoms with Crippen LogP contribution in [0.15, 0.2) is 0 Å². The van der Waals surface area contributed by atoms with Gasteiger partial charge in [0, 0.05) is 26.2 Å². The number of nitrogens with zero attached hydrogens (tertiary/aromatic N) is 2. The van der Waals surface area contributed by atoms with Gasteiger partial charge in [-0.2, -0.15) is 0 Å². The van der Waals surface area contributed by atoms with E-state index in [1.54, 1.807) is 0 Å². The van der Waals surface area contributed by atoms with Crippen LogP contribution in [0.1, 0.15) is 20.3 Å². The van der Waals surface area contributed by atoms with Crippen molar-refractivity contribution in [2.24, 2.45) is 5.73 Å². The summed E-state index contributed by atoms with van der Waals surface area (Å²) in [6, 6.07) is -0.269. The van der Waals surface area contributed by atoms with Crippen LogP contribution in [0.4, 0.5) is 0 Å². The van der Waals surface area contributed by atoms with Crippen LogP contribution < -0.4 is 5.73 Å². The Morgan fingerprint density at radius 2 is 1.82 bits per heavy atom. The highest BCUT2D eigenvalue weighted by atomic mass is 32.1. The Morgan fingerprint density at radius 1 is 1.35 bits per heavy atom. The maximum absolute atomic E-state index is 11.1. The standard InChI is InChI=1S/C11H21N3O2S/c1-3-9(11(15)16)14-6-4-13(5-7-14)8(2)10(12)17/h8-9H,3-7H2,1-2H3,(H2,12,17)(H,15,16). The predicted molar refractivity (Wildman–Crippen MR) is 71.1 cm³/mol. The van der Waals surface area contributed by atoms with Crippen molar-refractivity contribution in [3.05, 3.63) is 0 Å². The number of carbonyl (C=O) groups is 1. The molecule has 1 heterocycles. The number of carboxylic acid groups (broad SMARTS) is 1. The average molecular weight is 259 g/mol. The molecule has 98 valence electrons. The summed E-state index contributed by atoms with van der Waals surface area (Å²) < 4.78 is 0. The van der Waals surface area contributed by atoms with Gasteiger partial charge in [0.2, 0.25) is 0 Å². The van der Waals surface area contributed by atoms with Gasteiger partial charge in [0.15, 0.2) is 0 Å². The Hall–Kier alpha value is -0.720. The first-order valence-electron chi connectivity index (χ1n) is 5.97. The third kappa shape index (κ3) is 3.62. The first-order valence-corrected chi connectivity index (χ1v) is 6.38. The molecule has 0 aromatic heterocycles. The van der Waals surface area contributed by atoms with E-state index in [9.17, 15) is 4.79 Å². The van der Waals surface area contributed by atoms with Crippen molar-refractivity contribution in [1.82, 2.24) is 9.80 Å². The van der Waals surface area contributed by atoms with Gasteiger partial charge in [-0.3, -0.25) is 14.6 Å². The molecule has 1 aliphatic heterocycles. The molecule has 1 saturated heterocycles. The molecular formula is C11H21N3O2S. The van der Waals surface area contributed by atoms with E-state index in [0.29, 0.717) is 11.4 Å². The maximum atomic E-state index is 11.1. The predicted octanol–water partition coefficient (Wildman–Crippen LogP) is 0.142. The number of piperazine rings is 1. The summed E-state index contributed by atoms with van der Waals surface area (Å²) in [5.41, 5.74) is 5.62. The maximum Gasteiger partial charge on any atom is 0.320 e. The van der Waals surface area contributed by atoms with Gasteiger partial charge in [-0.15, -0.1) is 0 Å². The summed E-state index contributed by atoms with van der Waals surface area (Å²) in [5, 5.41) is 9.09. The summed E-state index contributed by atoms with van der Waals surface area (Å²) in [4.78, 5) is 15.8. The Bertz CT molecular complexity index is 290. The monoisotopic (exact) mass is 259 g/mol. The molecule has 0 aliphatic carbocycles. The molecule has 3 N–H and O–H groups in total. The topological polar surface area (TPSA) is 69.8 Å². The molecule has 0 aromatic carbocycles. The Labute approximate surface area is 108 Å². The Morgan fingerprint density at radius 3 is 2.18 bits per heavy atom. The minimum atomic E-state index is -0.733. The van der Waals surface area contributed by atoms with Gasteiger partial charge >= 0.3 is 5.97 Å². The quantitative estimate of drug-likeness (QED) is 0.685. The van der Waals surface area contributed by atoms with Gasteiger partial charge in [0.25, 0.3) is 0 Å². The zero-order valence-corrected chi connectivity index (χ0v) is 11.2. The fourth-order valence-electron chi connectivity index (χ4n) is 2.21. The minimum absolute atomic E-state index is 0.0945. The number of thiocarbonyl (C=S) groups is 1.